The molecule has 0 aliphatic heterocycles. The molecule has 0 aliphatic rings. The first kappa shape index (κ1) is 17.8. The summed E-state index contributed by atoms with van der Waals surface area (Å²) in [6.07, 6.45) is 0.123. The third-order valence-corrected chi connectivity index (χ3v) is 4.74. The van der Waals surface area contributed by atoms with Crippen LogP contribution in [0.15, 0.2) is 59.5 Å². The van der Waals surface area contributed by atoms with Crippen molar-refractivity contribution in [3.63, 3.8) is 0 Å². The summed E-state index contributed by atoms with van der Waals surface area (Å²) in [4.78, 5) is 24.2. The fraction of sp³-hybridized carbons (Fsp3) is 0.176. The van der Waals surface area contributed by atoms with Crippen LogP contribution in [0.1, 0.15) is 16.8 Å². The van der Waals surface area contributed by atoms with E-state index in [-0.39, 0.29) is 17.7 Å². The van der Waals surface area contributed by atoms with E-state index in [2.05, 4.69) is 5.32 Å². The molecular formula is C17H17FN2O3S. The molecule has 126 valence electrons. The van der Waals surface area contributed by atoms with Crippen LogP contribution in [0, 0.1) is 5.82 Å². The Balaban J connectivity index is 1.98. The second-order valence-corrected chi connectivity index (χ2v) is 6.66. The van der Waals surface area contributed by atoms with Gasteiger partial charge in [-0.1, -0.05) is 24.3 Å². The minimum Gasteiger partial charge on any atom is -0.368 e. The van der Waals surface area contributed by atoms with Crippen molar-refractivity contribution in [2.24, 2.45) is 5.73 Å². The van der Waals surface area contributed by atoms with Crippen LogP contribution in [0.2, 0.25) is 0 Å². The van der Waals surface area contributed by atoms with Gasteiger partial charge in [0, 0.05) is 16.2 Å². The molecule has 3 N–H and O–H groups in total. The molecular weight excluding hydrogens is 331 g/mol. The maximum atomic E-state index is 13.2. The third-order valence-electron chi connectivity index (χ3n) is 3.33. The summed E-state index contributed by atoms with van der Waals surface area (Å²) in [5.41, 5.74) is 5.38. The molecule has 0 radical (unpaired) electrons. The molecule has 0 aliphatic carbocycles. The summed E-state index contributed by atoms with van der Waals surface area (Å²) in [6, 6.07) is 12.9. The monoisotopic (exact) mass is 348 g/mol. The normalized spacial score (nSPS) is 13.0. The van der Waals surface area contributed by atoms with E-state index in [4.69, 9.17) is 5.73 Å². The van der Waals surface area contributed by atoms with E-state index in [1.165, 1.54) is 18.2 Å². The number of primary amides is 1. The molecule has 0 heterocycles. The van der Waals surface area contributed by atoms with Gasteiger partial charge in [0.2, 0.25) is 5.91 Å². The van der Waals surface area contributed by atoms with Crippen LogP contribution < -0.4 is 11.1 Å². The average molecular weight is 348 g/mol. The Morgan fingerprint density at radius 1 is 1.12 bits per heavy atom. The number of hydrogen-bond acceptors (Lipinski definition) is 3. The summed E-state index contributed by atoms with van der Waals surface area (Å²) in [6.45, 7) is 0. The number of nitrogens with two attached hydrogens (primary N) is 1. The van der Waals surface area contributed by atoms with Crippen LogP contribution in [0.25, 0.3) is 0 Å². The van der Waals surface area contributed by atoms with Gasteiger partial charge in [-0.05, 0) is 36.8 Å². The summed E-state index contributed by atoms with van der Waals surface area (Å²) < 4.78 is 25.3. The molecule has 2 amide bonds. The topological polar surface area (TPSA) is 89.3 Å². The minimum absolute atomic E-state index is 0.0884. The zero-order valence-electron chi connectivity index (χ0n) is 12.8. The molecule has 2 rings (SSSR count). The van der Waals surface area contributed by atoms with Crippen molar-refractivity contribution in [3.8, 4) is 0 Å². The molecule has 0 bridgehead atoms. The molecule has 2 aromatic carbocycles. The van der Waals surface area contributed by atoms with Gasteiger partial charge in [0.25, 0.3) is 5.91 Å². The molecule has 0 saturated carbocycles. The van der Waals surface area contributed by atoms with Crippen LogP contribution in [-0.2, 0) is 15.6 Å². The molecule has 0 fully saturated rings. The van der Waals surface area contributed by atoms with Crippen molar-refractivity contribution >= 4 is 22.6 Å². The second kappa shape index (κ2) is 8.35. The van der Waals surface area contributed by atoms with E-state index in [9.17, 15) is 18.2 Å². The number of rotatable bonds is 7. The van der Waals surface area contributed by atoms with Gasteiger partial charge in [-0.2, -0.15) is 0 Å². The highest BCUT2D eigenvalue weighted by atomic mass is 32.2. The molecule has 5 nitrogen and oxygen atoms in total. The van der Waals surface area contributed by atoms with Gasteiger partial charge in [-0.25, -0.2) is 4.39 Å². The largest absolute Gasteiger partial charge is 0.368 e. The molecule has 0 aromatic heterocycles. The first-order valence-corrected chi connectivity index (χ1v) is 8.58. The Kier molecular flexibility index (Phi) is 6.20. The lowest BCUT2D eigenvalue weighted by molar-refractivity contribution is -0.119. The highest BCUT2D eigenvalue weighted by Gasteiger charge is 2.20. The number of nitrogens with one attached hydrogen (secondary N) is 1. The lowest BCUT2D eigenvalue weighted by atomic mass is 10.1. The summed E-state index contributed by atoms with van der Waals surface area (Å²) >= 11 is 0. The van der Waals surface area contributed by atoms with Crippen molar-refractivity contribution in [2.45, 2.75) is 17.4 Å². The molecule has 0 saturated heterocycles. The van der Waals surface area contributed by atoms with Gasteiger partial charge in [-0.15, -0.1) is 0 Å². The van der Waals surface area contributed by atoms with Crippen LogP contribution in [0.4, 0.5) is 4.39 Å². The van der Waals surface area contributed by atoms with Crippen LogP contribution >= 0.6 is 0 Å². The second-order valence-electron chi connectivity index (χ2n) is 5.09. The van der Waals surface area contributed by atoms with Gasteiger partial charge in [0.05, 0.1) is 10.8 Å². The summed E-state index contributed by atoms with van der Waals surface area (Å²) in [5.74, 6) is -1.72. The highest BCUT2D eigenvalue weighted by molar-refractivity contribution is 7.85. The number of halogens is 1. The van der Waals surface area contributed by atoms with Gasteiger partial charge >= 0.3 is 0 Å². The van der Waals surface area contributed by atoms with E-state index in [0.717, 1.165) is 6.07 Å². The van der Waals surface area contributed by atoms with Gasteiger partial charge < -0.3 is 11.1 Å². The van der Waals surface area contributed by atoms with E-state index in [1.54, 1.807) is 24.3 Å². The molecule has 24 heavy (non-hydrogen) atoms. The predicted octanol–water partition coefficient (Wildman–Crippen LogP) is 1.61. The van der Waals surface area contributed by atoms with Gasteiger partial charge in [0.1, 0.15) is 11.9 Å². The molecule has 2 atom stereocenters. The summed E-state index contributed by atoms with van der Waals surface area (Å²) in [7, 11) is -1.30. The SMILES string of the molecule is NC(=O)[C@@H](CC[S@@](=O)c1ccccc1)NC(=O)c1cccc(F)c1. The van der Waals surface area contributed by atoms with Gasteiger partial charge in [0.15, 0.2) is 0 Å². The van der Waals surface area contributed by atoms with Crippen LogP contribution in [0.3, 0.4) is 0 Å². The van der Waals surface area contributed by atoms with E-state index < -0.39 is 34.5 Å². The van der Waals surface area contributed by atoms with Crippen molar-refractivity contribution in [1.82, 2.24) is 5.32 Å². The van der Waals surface area contributed by atoms with Crippen molar-refractivity contribution < 1.29 is 18.2 Å². The Labute approximate surface area is 141 Å². The standard InChI is InChI=1S/C17H17FN2O3S/c18-13-6-4-5-12(11-13)17(22)20-15(16(19)21)9-10-24(23)14-7-2-1-3-8-14/h1-8,11,15H,9-10H2,(H2,19,21)(H,20,22)/t15-,24-/m1/s1. The number of carbonyl (C=O) groups excluding carboxylic acids is 2. The Hall–Kier alpha value is -2.54. The molecule has 0 unspecified atom stereocenters. The van der Waals surface area contributed by atoms with Crippen LogP contribution in [0.5, 0.6) is 0 Å². The lowest BCUT2D eigenvalue weighted by Gasteiger charge is -2.15. The first-order chi connectivity index (χ1) is 11.5. The average Bonchev–Trinajstić information content (AvgIpc) is 2.58. The first-order valence-electron chi connectivity index (χ1n) is 7.26. The van der Waals surface area contributed by atoms with Crippen molar-refractivity contribution in [3.05, 3.63) is 66.0 Å². The lowest BCUT2D eigenvalue weighted by Crippen LogP contribution is -2.45. The predicted molar refractivity (Wildman–Crippen MR) is 89.2 cm³/mol. The molecule has 0 spiro atoms. The maximum absolute atomic E-state index is 13.2. The zero-order valence-corrected chi connectivity index (χ0v) is 13.6. The van der Waals surface area contributed by atoms with E-state index >= 15 is 0 Å². The fourth-order valence-corrected chi connectivity index (χ4v) is 3.22. The number of carbonyl (C=O) groups is 2. The maximum Gasteiger partial charge on any atom is 0.252 e. The zero-order chi connectivity index (χ0) is 17.5. The molecule has 2 aromatic rings. The fourth-order valence-electron chi connectivity index (χ4n) is 2.07. The number of amides is 2. The van der Waals surface area contributed by atoms with E-state index in [1.807, 2.05) is 6.07 Å². The van der Waals surface area contributed by atoms with Crippen molar-refractivity contribution in [2.75, 3.05) is 5.75 Å². The number of hydrogen-bond donors (Lipinski definition) is 2. The van der Waals surface area contributed by atoms with Crippen LogP contribution in [-0.4, -0.2) is 27.8 Å². The Morgan fingerprint density at radius 2 is 1.83 bits per heavy atom. The third kappa shape index (κ3) is 4.99. The summed E-state index contributed by atoms with van der Waals surface area (Å²) in [5, 5.41) is 2.45. The number of benzene rings is 2. The quantitative estimate of drug-likeness (QED) is 0.796. The molecule has 7 heteroatoms. The Morgan fingerprint density at radius 3 is 2.46 bits per heavy atom. The smallest absolute Gasteiger partial charge is 0.252 e. The van der Waals surface area contributed by atoms with E-state index in [0.29, 0.717) is 4.90 Å². The Bertz CT molecular complexity index is 753. The minimum atomic E-state index is -1.30. The highest BCUT2D eigenvalue weighted by Crippen LogP contribution is 2.09. The van der Waals surface area contributed by atoms with Gasteiger partial charge in [-0.3, -0.25) is 13.8 Å². The van der Waals surface area contributed by atoms with Crippen molar-refractivity contribution in [1.29, 1.82) is 0 Å².